The summed E-state index contributed by atoms with van der Waals surface area (Å²) in [5.41, 5.74) is 2.84. The number of fused-ring (bicyclic) bond motifs is 1. The molecule has 0 aliphatic heterocycles. The molecule has 0 saturated carbocycles. The number of nitrogens with zero attached hydrogens (tertiary/aromatic N) is 2. The summed E-state index contributed by atoms with van der Waals surface area (Å²) in [6.45, 7) is 0. The lowest BCUT2D eigenvalue weighted by atomic mass is 10.1. The number of aryl methyl sites for hydroxylation is 1. The van der Waals surface area contributed by atoms with Crippen LogP contribution < -0.4 is 5.32 Å². The minimum Gasteiger partial charge on any atom is -0.313 e. The normalized spacial score (nSPS) is 10.8. The van der Waals surface area contributed by atoms with Crippen molar-refractivity contribution in [2.75, 3.05) is 5.32 Å². The first kappa shape index (κ1) is 13.8. The van der Waals surface area contributed by atoms with Gasteiger partial charge in [-0.25, -0.2) is 4.98 Å². The lowest BCUT2D eigenvalue weighted by molar-refractivity contribution is -0.115. The summed E-state index contributed by atoms with van der Waals surface area (Å²) in [4.78, 5) is 16.6. The Morgan fingerprint density at radius 2 is 1.90 bits per heavy atom. The zero-order valence-electron chi connectivity index (χ0n) is 11.5. The van der Waals surface area contributed by atoms with Gasteiger partial charge in [-0.1, -0.05) is 40.2 Å². The summed E-state index contributed by atoms with van der Waals surface area (Å²) in [5.74, 6) is 0.494. The number of aromatic nitrogens is 2. The van der Waals surface area contributed by atoms with Crippen molar-refractivity contribution in [3.05, 3.63) is 58.6 Å². The molecule has 21 heavy (non-hydrogen) atoms. The minimum atomic E-state index is -0.0734. The fourth-order valence-corrected chi connectivity index (χ4v) is 2.48. The van der Waals surface area contributed by atoms with Crippen LogP contribution in [0.1, 0.15) is 5.56 Å². The third-order valence-electron chi connectivity index (χ3n) is 3.32. The average molecular weight is 344 g/mol. The second-order valence-corrected chi connectivity index (χ2v) is 5.75. The molecule has 0 saturated heterocycles. The smallest absolute Gasteiger partial charge is 0.231 e. The topological polar surface area (TPSA) is 46.9 Å². The first-order valence-electron chi connectivity index (χ1n) is 6.59. The van der Waals surface area contributed by atoms with Gasteiger partial charge in [-0.15, -0.1) is 0 Å². The van der Waals surface area contributed by atoms with E-state index in [0.29, 0.717) is 12.4 Å². The van der Waals surface area contributed by atoms with Crippen LogP contribution in [-0.4, -0.2) is 15.5 Å². The van der Waals surface area contributed by atoms with Gasteiger partial charge in [0.1, 0.15) is 0 Å². The molecule has 106 valence electrons. The molecule has 0 radical (unpaired) electrons. The maximum absolute atomic E-state index is 12.1. The molecule has 1 heterocycles. The predicted octanol–water partition coefficient (Wildman–Crippen LogP) is 3.52. The molecule has 2 aromatic carbocycles. The van der Waals surface area contributed by atoms with Crippen LogP contribution in [-0.2, 0) is 18.3 Å². The summed E-state index contributed by atoms with van der Waals surface area (Å²) < 4.78 is 2.89. The van der Waals surface area contributed by atoms with Crippen LogP contribution in [0.25, 0.3) is 11.0 Å². The Bertz CT molecular complexity index is 793. The fourth-order valence-electron chi connectivity index (χ4n) is 2.21. The number of hydrogen-bond donors (Lipinski definition) is 1. The Kier molecular flexibility index (Phi) is 3.75. The highest BCUT2D eigenvalue weighted by Crippen LogP contribution is 2.18. The summed E-state index contributed by atoms with van der Waals surface area (Å²) >= 11 is 3.38. The van der Waals surface area contributed by atoms with Crippen molar-refractivity contribution in [3.8, 4) is 0 Å². The van der Waals surface area contributed by atoms with E-state index in [9.17, 15) is 4.79 Å². The van der Waals surface area contributed by atoms with Gasteiger partial charge in [-0.05, 0) is 29.8 Å². The number of para-hydroxylation sites is 2. The van der Waals surface area contributed by atoms with Gasteiger partial charge in [0, 0.05) is 11.5 Å². The van der Waals surface area contributed by atoms with Crippen LogP contribution in [0.5, 0.6) is 0 Å². The van der Waals surface area contributed by atoms with Crippen molar-refractivity contribution in [2.45, 2.75) is 6.42 Å². The molecule has 3 rings (SSSR count). The molecule has 1 aromatic heterocycles. The lowest BCUT2D eigenvalue weighted by Gasteiger charge is -2.05. The molecule has 0 unspecified atom stereocenters. The summed E-state index contributed by atoms with van der Waals surface area (Å²) in [5, 5.41) is 2.86. The van der Waals surface area contributed by atoms with E-state index < -0.39 is 0 Å². The number of anilines is 1. The summed E-state index contributed by atoms with van der Waals surface area (Å²) in [6.07, 6.45) is 0.330. The molecule has 0 spiro atoms. The summed E-state index contributed by atoms with van der Waals surface area (Å²) in [7, 11) is 1.89. The van der Waals surface area contributed by atoms with E-state index in [4.69, 9.17) is 0 Å². The monoisotopic (exact) mass is 343 g/mol. The Hall–Kier alpha value is -2.14. The van der Waals surface area contributed by atoms with Gasteiger partial charge >= 0.3 is 0 Å². The van der Waals surface area contributed by atoms with Gasteiger partial charge in [-0.3, -0.25) is 10.1 Å². The molecular weight excluding hydrogens is 330 g/mol. The fraction of sp³-hybridized carbons (Fsp3) is 0.125. The number of halogens is 1. The van der Waals surface area contributed by atoms with Crippen molar-refractivity contribution in [1.82, 2.24) is 9.55 Å². The van der Waals surface area contributed by atoms with Gasteiger partial charge in [0.15, 0.2) is 0 Å². The van der Waals surface area contributed by atoms with Crippen LogP contribution in [0, 0.1) is 0 Å². The van der Waals surface area contributed by atoms with Crippen LogP contribution in [0.15, 0.2) is 53.0 Å². The zero-order chi connectivity index (χ0) is 14.8. The molecule has 3 aromatic rings. The summed E-state index contributed by atoms with van der Waals surface area (Å²) in [6, 6.07) is 15.5. The van der Waals surface area contributed by atoms with E-state index in [-0.39, 0.29) is 5.91 Å². The number of carbonyl (C=O) groups is 1. The van der Waals surface area contributed by atoms with Crippen LogP contribution in [0.3, 0.4) is 0 Å². The zero-order valence-corrected chi connectivity index (χ0v) is 13.1. The molecule has 0 aliphatic rings. The maximum Gasteiger partial charge on any atom is 0.231 e. The van der Waals surface area contributed by atoms with Crippen molar-refractivity contribution >= 4 is 38.8 Å². The SMILES string of the molecule is Cn1c(NC(=O)Cc2ccc(Br)cc2)nc2ccccc21. The van der Waals surface area contributed by atoms with Crippen molar-refractivity contribution in [1.29, 1.82) is 0 Å². The highest BCUT2D eigenvalue weighted by atomic mass is 79.9. The number of imidazole rings is 1. The second-order valence-electron chi connectivity index (χ2n) is 4.83. The molecular formula is C16H14BrN3O. The van der Waals surface area contributed by atoms with Gasteiger partial charge in [-0.2, -0.15) is 0 Å². The van der Waals surface area contributed by atoms with E-state index in [0.717, 1.165) is 21.1 Å². The van der Waals surface area contributed by atoms with Crippen molar-refractivity contribution in [3.63, 3.8) is 0 Å². The number of rotatable bonds is 3. The molecule has 1 N–H and O–H groups in total. The second kappa shape index (κ2) is 5.69. The Labute approximate surface area is 130 Å². The first-order chi connectivity index (χ1) is 10.1. The highest BCUT2D eigenvalue weighted by molar-refractivity contribution is 9.10. The predicted molar refractivity (Wildman–Crippen MR) is 87.2 cm³/mol. The lowest BCUT2D eigenvalue weighted by Crippen LogP contribution is -2.17. The third-order valence-corrected chi connectivity index (χ3v) is 3.84. The molecule has 1 amide bonds. The Balaban J connectivity index is 1.77. The van der Waals surface area contributed by atoms with Crippen LogP contribution >= 0.6 is 15.9 Å². The van der Waals surface area contributed by atoms with Gasteiger partial charge in [0.05, 0.1) is 17.5 Å². The molecule has 0 aliphatic carbocycles. The van der Waals surface area contributed by atoms with E-state index >= 15 is 0 Å². The van der Waals surface area contributed by atoms with Crippen molar-refractivity contribution in [2.24, 2.45) is 7.05 Å². The molecule has 4 nitrogen and oxygen atoms in total. The first-order valence-corrected chi connectivity index (χ1v) is 7.38. The van der Waals surface area contributed by atoms with E-state index in [1.165, 1.54) is 0 Å². The van der Waals surface area contributed by atoms with E-state index in [1.54, 1.807) is 0 Å². The van der Waals surface area contributed by atoms with Crippen LogP contribution in [0.2, 0.25) is 0 Å². The van der Waals surface area contributed by atoms with Crippen molar-refractivity contribution < 1.29 is 4.79 Å². The average Bonchev–Trinajstić information content (AvgIpc) is 2.78. The van der Waals surface area contributed by atoms with Gasteiger partial charge < -0.3 is 4.57 Å². The molecule has 0 bridgehead atoms. The minimum absolute atomic E-state index is 0.0734. The highest BCUT2D eigenvalue weighted by Gasteiger charge is 2.10. The number of benzene rings is 2. The van der Waals surface area contributed by atoms with Gasteiger partial charge in [0.2, 0.25) is 11.9 Å². The Morgan fingerprint density at radius 3 is 2.62 bits per heavy atom. The molecule has 0 fully saturated rings. The largest absolute Gasteiger partial charge is 0.313 e. The maximum atomic E-state index is 12.1. The quantitative estimate of drug-likeness (QED) is 0.790. The standard InChI is InChI=1S/C16H14BrN3O/c1-20-14-5-3-2-4-13(14)18-16(20)19-15(21)10-11-6-8-12(17)9-7-11/h2-9H,10H2,1H3,(H,18,19,21). The molecule has 5 heteroatoms. The third kappa shape index (κ3) is 2.97. The number of carbonyl (C=O) groups excluding carboxylic acids is 1. The van der Waals surface area contributed by atoms with E-state index in [2.05, 4.69) is 26.2 Å². The number of hydrogen-bond acceptors (Lipinski definition) is 2. The van der Waals surface area contributed by atoms with Crippen LogP contribution in [0.4, 0.5) is 5.95 Å². The Morgan fingerprint density at radius 1 is 1.19 bits per heavy atom. The van der Waals surface area contributed by atoms with Gasteiger partial charge in [0.25, 0.3) is 0 Å². The number of amides is 1. The van der Waals surface area contributed by atoms with E-state index in [1.807, 2.05) is 60.1 Å². The molecule has 0 atom stereocenters. The number of nitrogens with one attached hydrogen (secondary N) is 1.